The van der Waals surface area contributed by atoms with Crippen molar-refractivity contribution in [3.63, 3.8) is 0 Å². The van der Waals surface area contributed by atoms with Gasteiger partial charge in [0.25, 0.3) is 0 Å². The first-order valence-electron chi connectivity index (χ1n) is 5.54. The molecule has 19 heavy (non-hydrogen) atoms. The Balaban J connectivity index is 3.19. The molecule has 6 nitrogen and oxygen atoms in total. The van der Waals surface area contributed by atoms with E-state index < -0.39 is 18.0 Å². The molecule has 1 rings (SSSR count). The lowest BCUT2D eigenvalue weighted by molar-refractivity contribution is -0.139. The zero-order chi connectivity index (χ0) is 14.4. The number of carbonyl (C=O) groups is 3. The van der Waals surface area contributed by atoms with Gasteiger partial charge < -0.3 is 9.47 Å². The SMILES string of the molecule is COC(=O)Cc1ccccc1N(C(C)=O)C(=O)OC. The topological polar surface area (TPSA) is 72.9 Å². The van der Waals surface area contributed by atoms with E-state index in [-0.39, 0.29) is 6.42 Å². The van der Waals surface area contributed by atoms with Crippen LogP contribution in [0.25, 0.3) is 0 Å². The van der Waals surface area contributed by atoms with Gasteiger partial charge in [0.1, 0.15) is 0 Å². The van der Waals surface area contributed by atoms with Gasteiger partial charge >= 0.3 is 12.1 Å². The van der Waals surface area contributed by atoms with E-state index in [0.717, 1.165) is 4.90 Å². The van der Waals surface area contributed by atoms with Gasteiger partial charge in [0.2, 0.25) is 5.91 Å². The molecule has 0 saturated heterocycles. The van der Waals surface area contributed by atoms with Crippen LogP contribution in [0.2, 0.25) is 0 Å². The summed E-state index contributed by atoms with van der Waals surface area (Å²) in [5, 5.41) is 0. The number of amides is 2. The third-order valence-electron chi connectivity index (χ3n) is 2.47. The molecule has 0 unspecified atom stereocenters. The van der Waals surface area contributed by atoms with Crippen molar-refractivity contribution in [1.82, 2.24) is 0 Å². The number of para-hydroxylation sites is 1. The van der Waals surface area contributed by atoms with Crippen molar-refractivity contribution in [1.29, 1.82) is 0 Å². The van der Waals surface area contributed by atoms with Crippen LogP contribution in [0.4, 0.5) is 10.5 Å². The van der Waals surface area contributed by atoms with E-state index in [4.69, 9.17) is 0 Å². The van der Waals surface area contributed by atoms with Gasteiger partial charge in [-0.2, -0.15) is 0 Å². The monoisotopic (exact) mass is 265 g/mol. The minimum absolute atomic E-state index is 0.0343. The lowest BCUT2D eigenvalue weighted by atomic mass is 10.1. The molecule has 0 N–H and O–H groups in total. The summed E-state index contributed by atoms with van der Waals surface area (Å²) in [5.74, 6) is -0.954. The molecule has 0 aliphatic carbocycles. The molecular weight excluding hydrogens is 250 g/mol. The maximum Gasteiger partial charge on any atom is 0.420 e. The van der Waals surface area contributed by atoms with Crippen LogP contribution in [0.1, 0.15) is 12.5 Å². The summed E-state index contributed by atoms with van der Waals surface area (Å²) < 4.78 is 9.14. The number of imide groups is 1. The quantitative estimate of drug-likeness (QED) is 0.775. The zero-order valence-corrected chi connectivity index (χ0v) is 11.0. The predicted molar refractivity (Wildman–Crippen MR) is 67.7 cm³/mol. The van der Waals surface area contributed by atoms with Gasteiger partial charge in [0.15, 0.2) is 0 Å². The Morgan fingerprint density at radius 3 is 2.26 bits per heavy atom. The van der Waals surface area contributed by atoms with Crippen LogP contribution in [0.5, 0.6) is 0 Å². The minimum atomic E-state index is -0.801. The Hall–Kier alpha value is -2.37. The predicted octanol–water partition coefficient (Wildman–Crippen LogP) is 1.52. The lowest BCUT2D eigenvalue weighted by Crippen LogP contribution is -2.36. The van der Waals surface area contributed by atoms with Crippen molar-refractivity contribution >= 4 is 23.7 Å². The molecule has 6 heteroatoms. The Labute approximate surface area is 110 Å². The Bertz CT molecular complexity index is 498. The molecule has 0 fully saturated rings. The lowest BCUT2D eigenvalue weighted by Gasteiger charge is -2.20. The third-order valence-corrected chi connectivity index (χ3v) is 2.47. The number of hydrogen-bond acceptors (Lipinski definition) is 5. The number of esters is 1. The molecule has 2 amide bonds. The molecule has 102 valence electrons. The first-order chi connectivity index (χ1) is 9.01. The van der Waals surface area contributed by atoms with Crippen LogP contribution in [-0.4, -0.2) is 32.2 Å². The molecule has 0 aromatic heterocycles. The summed E-state index contributed by atoms with van der Waals surface area (Å²) in [5.41, 5.74) is 0.821. The maximum absolute atomic E-state index is 11.6. The second-order valence-corrected chi connectivity index (χ2v) is 3.71. The van der Waals surface area contributed by atoms with Gasteiger partial charge in [-0.1, -0.05) is 18.2 Å². The molecule has 0 heterocycles. The summed E-state index contributed by atoms with van der Waals surface area (Å²) in [4.78, 5) is 35.4. The number of rotatable bonds is 3. The van der Waals surface area contributed by atoms with Crippen LogP contribution in [-0.2, 0) is 25.5 Å². The molecular formula is C13H15NO5. The minimum Gasteiger partial charge on any atom is -0.469 e. The fourth-order valence-corrected chi connectivity index (χ4v) is 1.59. The van der Waals surface area contributed by atoms with E-state index in [2.05, 4.69) is 9.47 Å². The summed E-state index contributed by atoms with van der Waals surface area (Å²) in [6, 6.07) is 6.58. The standard InChI is InChI=1S/C13H15NO5/c1-9(15)14(13(17)19-3)11-7-5-4-6-10(11)8-12(16)18-2/h4-7H,8H2,1-3H3. The normalized spacial score (nSPS) is 9.63. The number of anilines is 1. The van der Waals surface area contributed by atoms with Crippen LogP contribution < -0.4 is 4.90 Å². The highest BCUT2D eigenvalue weighted by Gasteiger charge is 2.24. The van der Waals surface area contributed by atoms with Crippen molar-refractivity contribution in [3.05, 3.63) is 29.8 Å². The average Bonchev–Trinajstić information content (AvgIpc) is 2.40. The van der Waals surface area contributed by atoms with Crippen LogP contribution in [0.3, 0.4) is 0 Å². The van der Waals surface area contributed by atoms with Crippen molar-refractivity contribution in [2.45, 2.75) is 13.3 Å². The van der Waals surface area contributed by atoms with E-state index in [9.17, 15) is 14.4 Å². The highest BCUT2D eigenvalue weighted by molar-refractivity contribution is 6.12. The highest BCUT2D eigenvalue weighted by atomic mass is 16.5. The highest BCUT2D eigenvalue weighted by Crippen LogP contribution is 2.22. The summed E-state index contributed by atoms with van der Waals surface area (Å²) >= 11 is 0. The number of hydrogen-bond donors (Lipinski definition) is 0. The van der Waals surface area contributed by atoms with Gasteiger partial charge in [-0.05, 0) is 11.6 Å². The fourth-order valence-electron chi connectivity index (χ4n) is 1.59. The van der Waals surface area contributed by atoms with E-state index in [1.54, 1.807) is 24.3 Å². The molecule has 0 aliphatic heterocycles. The number of benzene rings is 1. The van der Waals surface area contributed by atoms with Crippen molar-refractivity contribution in [2.24, 2.45) is 0 Å². The van der Waals surface area contributed by atoms with Crippen LogP contribution in [0, 0.1) is 0 Å². The number of carbonyl (C=O) groups excluding carboxylic acids is 3. The zero-order valence-electron chi connectivity index (χ0n) is 11.0. The second kappa shape index (κ2) is 6.53. The van der Waals surface area contributed by atoms with Gasteiger partial charge in [-0.15, -0.1) is 0 Å². The number of nitrogens with zero attached hydrogens (tertiary/aromatic N) is 1. The molecule has 0 saturated carbocycles. The number of methoxy groups -OCH3 is 2. The van der Waals surface area contributed by atoms with E-state index in [1.165, 1.54) is 21.1 Å². The third kappa shape index (κ3) is 3.54. The number of ether oxygens (including phenoxy) is 2. The molecule has 0 bridgehead atoms. The molecule has 1 aromatic rings. The van der Waals surface area contributed by atoms with E-state index >= 15 is 0 Å². The first kappa shape index (κ1) is 14.7. The second-order valence-electron chi connectivity index (χ2n) is 3.71. The molecule has 0 atom stereocenters. The largest absolute Gasteiger partial charge is 0.469 e. The summed E-state index contributed by atoms with van der Waals surface area (Å²) in [6.07, 6.45) is -0.835. The first-order valence-corrected chi connectivity index (χ1v) is 5.54. The smallest absolute Gasteiger partial charge is 0.420 e. The van der Waals surface area contributed by atoms with Crippen molar-refractivity contribution in [3.8, 4) is 0 Å². The molecule has 0 radical (unpaired) electrons. The van der Waals surface area contributed by atoms with Crippen molar-refractivity contribution in [2.75, 3.05) is 19.1 Å². The Kier molecular flexibility index (Phi) is 5.05. The Morgan fingerprint density at radius 1 is 1.11 bits per heavy atom. The summed E-state index contributed by atoms with van der Waals surface area (Å²) in [7, 11) is 2.45. The maximum atomic E-state index is 11.6. The van der Waals surface area contributed by atoms with Crippen LogP contribution in [0.15, 0.2) is 24.3 Å². The van der Waals surface area contributed by atoms with E-state index in [0.29, 0.717) is 11.3 Å². The fraction of sp³-hybridized carbons (Fsp3) is 0.308. The van der Waals surface area contributed by atoms with Gasteiger partial charge in [-0.25, -0.2) is 9.69 Å². The molecule has 0 aliphatic rings. The van der Waals surface area contributed by atoms with Crippen LogP contribution >= 0.6 is 0 Å². The van der Waals surface area contributed by atoms with Gasteiger partial charge in [0.05, 0.1) is 26.3 Å². The van der Waals surface area contributed by atoms with Gasteiger partial charge in [-0.3, -0.25) is 9.59 Å². The molecule has 0 spiro atoms. The van der Waals surface area contributed by atoms with Gasteiger partial charge in [0, 0.05) is 6.92 Å². The Morgan fingerprint density at radius 2 is 1.74 bits per heavy atom. The molecule has 1 aromatic carbocycles. The van der Waals surface area contributed by atoms with E-state index in [1.807, 2.05) is 0 Å². The average molecular weight is 265 g/mol. The summed E-state index contributed by atoms with van der Waals surface area (Å²) in [6.45, 7) is 1.24. The van der Waals surface area contributed by atoms with Crippen molar-refractivity contribution < 1.29 is 23.9 Å².